The molecule has 2 aromatic rings. The zero-order valence-corrected chi connectivity index (χ0v) is 17.6. The average molecular weight is 433 g/mol. The van der Waals surface area contributed by atoms with Crippen molar-refractivity contribution in [2.45, 2.75) is 6.54 Å². The van der Waals surface area contributed by atoms with Gasteiger partial charge in [-0.3, -0.25) is 9.59 Å². The van der Waals surface area contributed by atoms with Crippen LogP contribution >= 0.6 is 23.4 Å². The van der Waals surface area contributed by atoms with E-state index < -0.39 is 0 Å². The molecule has 0 saturated heterocycles. The molecule has 1 aliphatic rings. The highest BCUT2D eigenvalue weighted by Crippen LogP contribution is 2.28. The lowest BCUT2D eigenvalue weighted by Gasteiger charge is -2.23. The number of likely N-dealkylation sites (N-methyl/N-ethyl adjacent to an activating group) is 1. The molecule has 0 unspecified atom stereocenters. The van der Waals surface area contributed by atoms with Crippen molar-refractivity contribution in [3.8, 4) is 5.75 Å². The molecule has 7 nitrogen and oxygen atoms in total. The number of phenols is 1. The lowest BCUT2D eigenvalue weighted by atomic mass is 10.1. The van der Waals surface area contributed by atoms with Gasteiger partial charge in [0.15, 0.2) is 0 Å². The van der Waals surface area contributed by atoms with Gasteiger partial charge in [0.2, 0.25) is 5.91 Å². The third-order valence-corrected chi connectivity index (χ3v) is 5.17. The summed E-state index contributed by atoms with van der Waals surface area (Å²) in [5, 5.41) is 19.0. The maximum absolute atomic E-state index is 12.3. The van der Waals surface area contributed by atoms with Crippen LogP contribution in [0.1, 0.15) is 11.1 Å². The summed E-state index contributed by atoms with van der Waals surface area (Å²) in [7, 11) is 3.64. The third-order valence-electron chi connectivity index (χ3n) is 4.06. The molecule has 2 aromatic carbocycles. The van der Waals surface area contributed by atoms with E-state index in [-0.39, 0.29) is 30.0 Å². The number of nitrogens with zero attached hydrogens (tertiary/aromatic N) is 3. The number of aromatic hydroxyl groups is 1. The fraction of sp³-hybridized carbons (Fsp3) is 0.250. The lowest BCUT2D eigenvalue weighted by Crippen LogP contribution is -2.29. The van der Waals surface area contributed by atoms with E-state index in [1.165, 1.54) is 11.1 Å². The number of carbonyl (C=O) groups is 2. The van der Waals surface area contributed by atoms with E-state index >= 15 is 0 Å². The number of benzene rings is 2. The summed E-state index contributed by atoms with van der Waals surface area (Å²) in [5.41, 5.74) is 2.56. The number of amides is 2. The zero-order valence-electron chi connectivity index (χ0n) is 16.1. The number of hydrazone groups is 1. The number of rotatable bonds is 6. The molecule has 0 spiro atoms. The highest BCUT2D eigenvalue weighted by molar-refractivity contribution is 8.14. The Kier molecular flexibility index (Phi) is 6.79. The zero-order chi connectivity index (χ0) is 21.0. The van der Waals surface area contributed by atoms with Gasteiger partial charge in [-0.05, 0) is 50.0 Å². The largest absolute Gasteiger partial charge is 0.507 e. The number of carbonyl (C=O) groups excluding carboxylic acids is 2. The van der Waals surface area contributed by atoms with Crippen LogP contribution < -0.4 is 5.32 Å². The fourth-order valence-electron chi connectivity index (χ4n) is 2.80. The molecule has 9 heteroatoms. The fourth-order valence-corrected chi connectivity index (χ4v) is 3.70. The van der Waals surface area contributed by atoms with Crippen molar-refractivity contribution in [1.82, 2.24) is 9.91 Å². The molecular weight excluding hydrogens is 412 g/mol. The van der Waals surface area contributed by atoms with Gasteiger partial charge < -0.3 is 15.3 Å². The van der Waals surface area contributed by atoms with E-state index in [2.05, 4.69) is 10.4 Å². The van der Waals surface area contributed by atoms with Crippen molar-refractivity contribution in [2.75, 3.05) is 31.7 Å². The molecule has 0 aromatic heterocycles. The number of nitrogens with one attached hydrogen (secondary N) is 1. The van der Waals surface area contributed by atoms with Crippen molar-refractivity contribution in [3.63, 3.8) is 0 Å². The van der Waals surface area contributed by atoms with Crippen LogP contribution in [0.5, 0.6) is 5.75 Å². The van der Waals surface area contributed by atoms with Gasteiger partial charge in [0.05, 0.1) is 18.8 Å². The van der Waals surface area contributed by atoms with Gasteiger partial charge in [0.1, 0.15) is 5.75 Å². The second-order valence-corrected chi connectivity index (χ2v) is 8.17. The van der Waals surface area contributed by atoms with Gasteiger partial charge in [-0.2, -0.15) is 5.10 Å². The predicted octanol–water partition coefficient (Wildman–Crippen LogP) is 3.62. The molecule has 0 atom stereocenters. The van der Waals surface area contributed by atoms with Crippen LogP contribution in [0.4, 0.5) is 10.5 Å². The first-order valence-electron chi connectivity index (χ1n) is 8.86. The smallest absolute Gasteiger partial charge is 0.302 e. The second kappa shape index (κ2) is 9.30. The van der Waals surface area contributed by atoms with Crippen LogP contribution in [0.25, 0.3) is 0 Å². The normalized spacial score (nSPS) is 14.1. The molecule has 0 radical (unpaired) electrons. The van der Waals surface area contributed by atoms with Crippen molar-refractivity contribution in [2.24, 2.45) is 5.10 Å². The Morgan fingerprint density at radius 3 is 2.86 bits per heavy atom. The minimum atomic E-state index is -0.183. The Bertz CT molecular complexity index is 964. The Balaban J connectivity index is 1.78. The summed E-state index contributed by atoms with van der Waals surface area (Å²) in [6.07, 6.45) is 0. The number of halogens is 1. The molecular formula is C20H21ClN4O3S. The van der Waals surface area contributed by atoms with Crippen LogP contribution in [0, 0.1) is 0 Å². The van der Waals surface area contributed by atoms with Crippen LogP contribution in [0.15, 0.2) is 47.6 Å². The second-order valence-electron chi connectivity index (χ2n) is 6.81. The van der Waals surface area contributed by atoms with Gasteiger partial charge in [-0.15, -0.1) is 0 Å². The quantitative estimate of drug-likeness (QED) is 0.728. The van der Waals surface area contributed by atoms with Crippen molar-refractivity contribution in [3.05, 3.63) is 58.6 Å². The Morgan fingerprint density at radius 2 is 2.10 bits per heavy atom. The molecule has 0 bridgehead atoms. The van der Waals surface area contributed by atoms with E-state index in [1.54, 1.807) is 23.1 Å². The molecule has 29 heavy (non-hydrogen) atoms. The third kappa shape index (κ3) is 5.72. The summed E-state index contributed by atoms with van der Waals surface area (Å²) >= 11 is 7.14. The first-order chi connectivity index (χ1) is 13.8. The van der Waals surface area contributed by atoms with E-state index in [0.29, 0.717) is 27.7 Å². The molecule has 1 aliphatic heterocycles. The highest BCUT2D eigenvalue weighted by Gasteiger charge is 2.24. The average Bonchev–Trinajstić information content (AvgIpc) is 2.65. The number of hydrogen-bond acceptors (Lipinski definition) is 6. The van der Waals surface area contributed by atoms with Crippen molar-refractivity contribution in [1.29, 1.82) is 0 Å². The molecule has 2 N–H and O–H groups in total. The Morgan fingerprint density at radius 1 is 1.31 bits per heavy atom. The van der Waals surface area contributed by atoms with Gasteiger partial charge in [-0.1, -0.05) is 35.5 Å². The molecule has 0 aliphatic carbocycles. The van der Waals surface area contributed by atoms with Crippen molar-refractivity contribution < 1.29 is 14.7 Å². The maximum Gasteiger partial charge on any atom is 0.302 e. The Labute approximate surface area is 178 Å². The molecule has 2 amide bonds. The van der Waals surface area contributed by atoms with Gasteiger partial charge in [-0.25, -0.2) is 5.01 Å². The summed E-state index contributed by atoms with van der Waals surface area (Å²) < 4.78 is 0. The first-order valence-corrected chi connectivity index (χ1v) is 10.2. The number of hydrogen-bond donors (Lipinski definition) is 2. The lowest BCUT2D eigenvalue weighted by molar-refractivity contribution is -0.116. The first kappa shape index (κ1) is 21.2. The molecule has 152 valence electrons. The number of anilines is 1. The summed E-state index contributed by atoms with van der Waals surface area (Å²) in [5.74, 6) is 0.297. The van der Waals surface area contributed by atoms with Gasteiger partial charge >= 0.3 is 5.24 Å². The standard InChI is InChI=1S/C20H21ClN4O3S/c1-24(2)11-19(27)22-15-5-3-4-13(8-15)10-25-20(28)29-12-17(23-25)16-9-14(21)6-7-18(16)26/h3-9,26H,10-12H2,1-2H3,(H,22,27). The Hall–Kier alpha value is -2.55. The van der Waals surface area contributed by atoms with E-state index in [4.69, 9.17) is 11.6 Å². The SMILES string of the molecule is CN(C)CC(=O)Nc1cccc(CN2N=C(c3cc(Cl)ccc3O)CSC2=O)c1. The van der Waals surface area contributed by atoms with E-state index in [9.17, 15) is 14.7 Å². The maximum atomic E-state index is 12.3. The number of thioether (sulfide) groups is 1. The van der Waals surface area contributed by atoms with Crippen LogP contribution in [-0.2, 0) is 11.3 Å². The summed E-state index contributed by atoms with van der Waals surface area (Å²) in [4.78, 5) is 26.1. The monoisotopic (exact) mass is 432 g/mol. The minimum absolute atomic E-state index is 0.0636. The van der Waals surface area contributed by atoms with Crippen molar-refractivity contribution >= 4 is 45.9 Å². The number of phenolic OH excluding ortho intramolecular Hbond substituents is 1. The molecule has 3 rings (SSSR count). The molecule has 0 saturated carbocycles. The van der Waals surface area contributed by atoms with Gasteiger partial charge in [0.25, 0.3) is 0 Å². The van der Waals surface area contributed by atoms with Gasteiger partial charge in [0, 0.05) is 22.0 Å². The summed E-state index contributed by atoms with van der Waals surface area (Å²) in [6, 6.07) is 12.0. The highest BCUT2D eigenvalue weighted by atomic mass is 35.5. The topological polar surface area (TPSA) is 85.2 Å². The predicted molar refractivity (Wildman–Crippen MR) is 117 cm³/mol. The van der Waals surface area contributed by atoms with Crippen LogP contribution in [0.2, 0.25) is 5.02 Å². The van der Waals surface area contributed by atoms with E-state index in [0.717, 1.165) is 17.3 Å². The minimum Gasteiger partial charge on any atom is -0.507 e. The van der Waals surface area contributed by atoms with Crippen LogP contribution in [-0.4, -0.2) is 58.3 Å². The molecule has 0 fully saturated rings. The summed E-state index contributed by atoms with van der Waals surface area (Å²) in [6.45, 7) is 0.524. The van der Waals surface area contributed by atoms with E-state index in [1.807, 2.05) is 32.3 Å². The molecule has 1 heterocycles. The van der Waals surface area contributed by atoms with Crippen LogP contribution in [0.3, 0.4) is 0 Å².